The van der Waals surface area contributed by atoms with Crippen LogP contribution in [0, 0.1) is 11.2 Å². The first-order valence-corrected chi connectivity index (χ1v) is 10.1. The first-order chi connectivity index (χ1) is 14.4. The number of nitrogens with zero attached hydrogens (tertiary/aromatic N) is 3. The maximum atomic E-state index is 13.2. The third kappa shape index (κ3) is 3.82. The van der Waals surface area contributed by atoms with E-state index in [-0.39, 0.29) is 11.4 Å². The van der Waals surface area contributed by atoms with E-state index in [1.807, 2.05) is 0 Å². The monoisotopic (exact) mass is 414 g/mol. The molecule has 1 saturated carbocycles. The summed E-state index contributed by atoms with van der Waals surface area (Å²) in [6.45, 7) is 1.91. The Morgan fingerprint density at radius 1 is 1.33 bits per heavy atom. The predicted molar refractivity (Wildman–Crippen MR) is 112 cm³/mol. The lowest BCUT2D eigenvalue weighted by Crippen LogP contribution is -2.58. The highest BCUT2D eigenvalue weighted by Gasteiger charge is 2.41. The van der Waals surface area contributed by atoms with Gasteiger partial charge in [-0.3, -0.25) is 14.4 Å². The number of rotatable bonds is 7. The molecule has 30 heavy (non-hydrogen) atoms. The molecule has 2 aliphatic rings. The van der Waals surface area contributed by atoms with Crippen LogP contribution in [0.25, 0.3) is 0 Å². The van der Waals surface area contributed by atoms with Crippen molar-refractivity contribution < 1.29 is 13.9 Å². The number of anilines is 2. The Balaban J connectivity index is 1.52. The maximum absolute atomic E-state index is 13.2. The fourth-order valence-electron chi connectivity index (χ4n) is 4.37. The molecule has 1 saturated heterocycles. The summed E-state index contributed by atoms with van der Waals surface area (Å²) in [5.74, 6) is -0.645. The Bertz CT molecular complexity index is 914. The van der Waals surface area contributed by atoms with Gasteiger partial charge in [0, 0.05) is 44.3 Å². The summed E-state index contributed by atoms with van der Waals surface area (Å²) in [5, 5.41) is 15.7. The molecule has 0 radical (unpaired) electrons. The van der Waals surface area contributed by atoms with Crippen LogP contribution in [0.4, 0.5) is 15.9 Å². The molecule has 2 heterocycles. The van der Waals surface area contributed by atoms with Crippen molar-refractivity contribution in [3.05, 3.63) is 41.8 Å². The average Bonchev–Trinajstić information content (AvgIpc) is 3.14. The zero-order valence-electron chi connectivity index (χ0n) is 17.0. The normalized spacial score (nSPS) is 24.9. The van der Waals surface area contributed by atoms with Crippen LogP contribution in [0.1, 0.15) is 36.0 Å². The number of nitrogens with one attached hydrogen (secondary N) is 2. The van der Waals surface area contributed by atoms with Gasteiger partial charge in [0.05, 0.1) is 11.6 Å². The number of carbonyl (C=O) groups is 1. The molecular weight excluding hydrogens is 387 g/mol. The molecule has 4 rings (SSSR count). The number of amides is 1. The lowest BCUT2D eigenvalue weighted by atomic mass is 9.79. The molecule has 2 aromatic rings. The maximum Gasteiger partial charge on any atom is 0.254 e. The van der Waals surface area contributed by atoms with E-state index in [0.29, 0.717) is 23.7 Å². The molecule has 160 valence electrons. The van der Waals surface area contributed by atoms with Crippen molar-refractivity contribution in [1.29, 1.82) is 5.41 Å². The third-order valence-electron chi connectivity index (χ3n) is 6.36. The highest BCUT2D eigenvalue weighted by molar-refractivity contribution is 5.98. The Morgan fingerprint density at radius 3 is 2.57 bits per heavy atom. The van der Waals surface area contributed by atoms with E-state index in [1.165, 1.54) is 18.3 Å². The number of hydrogen-bond acceptors (Lipinski definition) is 6. The van der Waals surface area contributed by atoms with E-state index in [2.05, 4.69) is 15.3 Å². The summed E-state index contributed by atoms with van der Waals surface area (Å²) in [6.07, 6.45) is 6.76. The van der Waals surface area contributed by atoms with Gasteiger partial charge in [0.15, 0.2) is 5.82 Å². The number of primary amides is 1. The zero-order chi connectivity index (χ0) is 21.3. The van der Waals surface area contributed by atoms with Crippen molar-refractivity contribution in [3.63, 3.8) is 0 Å². The topological polar surface area (TPSA) is 109 Å². The van der Waals surface area contributed by atoms with Gasteiger partial charge in [0.1, 0.15) is 11.4 Å². The number of ether oxygens (including phenoxy) is 1. The van der Waals surface area contributed by atoms with Crippen LogP contribution in [0.15, 0.2) is 30.5 Å². The van der Waals surface area contributed by atoms with Crippen LogP contribution in [0.3, 0.4) is 0 Å². The van der Waals surface area contributed by atoms with Crippen LogP contribution in [-0.2, 0) is 10.3 Å². The van der Waals surface area contributed by atoms with Crippen molar-refractivity contribution in [3.8, 4) is 0 Å². The second kappa shape index (κ2) is 8.16. The molecule has 0 spiro atoms. The smallest absolute Gasteiger partial charge is 0.254 e. The average molecular weight is 414 g/mol. The van der Waals surface area contributed by atoms with E-state index in [4.69, 9.17) is 15.9 Å². The zero-order valence-corrected chi connectivity index (χ0v) is 17.0. The number of benzene rings is 1. The van der Waals surface area contributed by atoms with Gasteiger partial charge in [-0.2, -0.15) is 5.10 Å². The largest absolute Gasteiger partial charge is 0.379 e. The highest BCUT2D eigenvalue weighted by atomic mass is 19.1. The number of methoxy groups -OCH3 is 1. The number of halogens is 1. The van der Waals surface area contributed by atoms with E-state index in [1.54, 1.807) is 30.1 Å². The molecule has 4 N–H and O–H groups in total. The lowest BCUT2D eigenvalue weighted by Gasteiger charge is -2.47. The summed E-state index contributed by atoms with van der Waals surface area (Å²) in [5.41, 5.74) is 5.82. The highest BCUT2D eigenvalue weighted by Crippen LogP contribution is 2.37. The molecule has 0 atom stereocenters. The molecule has 1 aromatic heterocycles. The first-order valence-electron chi connectivity index (χ1n) is 10.1. The Morgan fingerprint density at radius 2 is 2.00 bits per heavy atom. The fraction of sp³-hybridized carbons (Fsp3) is 0.476. The van der Waals surface area contributed by atoms with E-state index < -0.39 is 11.4 Å². The number of carbonyl (C=O) groups excluding carboxylic acids is 1. The van der Waals surface area contributed by atoms with Gasteiger partial charge in [0.25, 0.3) is 5.91 Å². The summed E-state index contributed by atoms with van der Waals surface area (Å²) >= 11 is 0. The van der Waals surface area contributed by atoms with Gasteiger partial charge < -0.3 is 21.2 Å². The predicted octanol–water partition coefficient (Wildman–Crippen LogP) is 2.48. The van der Waals surface area contributed by atoms with Gasteiger partial charge >= 0.3 is 0 Å². The Labute approximate surface area is 174 Å². The quantitative estimate of drug-likeness (QED) is 0.603. The summed E-state index contributed by atoms with van der Waals surface area (Å²) < 4.78 is 20.2. The minimum atomic E-state index is -0.606. The van der Waals surface area contributed by atoms with Crippen LogP contribution < -0.4 is 11.1 Å². The number of hydrogen-bond donors (Lipinski definition) is 3. The molecule has 0 unspecified atom stereocenters. The minimum Gasteiger partial charge on any atom is -0.379 e. The Hall–Kier alpha value is -2.78. The summed E-state index contributed by atoms with van der Waals surface area (Å²) in [4.78, 5) is 14.4. The second-order valence-corrected chi connectivity index (χ2v) is 8.12. The van der Waals surface area contributed by atoms with E-state index >= 15 is 0 Å². The number of likely N-dealkylation sites (tertiary alicyclic amines) is 1. The van der Waals surface area contributed by atoms with Crippen molar-refractivity contribution in [1.82, 2.24) is 14.7 Å². The van der Waals surface area contributed by atoms with Crippen molar-refractivity contribution in [2.24, 2.45) is 5.73 Å². The molecule has 2 fully saturated rings. The SMILES string of the molecule is COC1CN(C2CCC(C=N)(n3cc(C(N)=O)c(Nc4ccc(F)cc4)n3)CC2)C1. The summed E-state index contributed by atoms with van der Waals surface area (Å²) in [7, 11) is 1.74. The lowest BCUT2D eigenvalue weighted by molar-refractivity contribution is -0.0611. The minimum absolute atomic E-state index is 0.244. The van der Waals surface area contributed by atoms with E-state index in [0.717, 1.165) is 38.8 Å². The van der Waals surface area contributed by atoms with Gasteiger partial charge in [-0.25, -0.2) is 4.39 Å². The standard InChI is InChI=1S/C21H27FN6O2/c1-30-17-10-27(11-17)16-6-8-21(13-23,9-7-16)28-12-18(19(24)29)20(26-28)25-15-4-2-14(22)3-5-15/h2-5,12-13,16-17,23H,6-11H2,1H3,(H2,24,29)(H,25,26). The van der Waals surface area contributed by atoms with Crippen molar-refractivity contribution in [2.45, 2.75) is 43.4 Å². The molecule has 1 aliphatic carbocycles. The molecule has 1 aliphatic heterocycles. The fourth-order valence-corrected chi connectivity index (χ4v) is 4.37. The molecular formula is C21H27FN6O2. The Kier molecular flexibility index (Phi) is 5.57. The molecule has 1 amide bonds. The number of aromatic nitrogens is 2. The molecule has 9 heteroatoms. The van der Waals surface area contributed by atoms with Crippen molar-refractivity contribution in [2.75, 3.05) is 25.5 Å². The molecule has 1 aromatic carbocycles. The third-order valence-corrected chi connectivity index (χ3v) is 6.36. The van der Waals surface area contributed by atoms with Crippen LogP contribution in [-0.4, -0.2) is 59.1 Å². The molecule has 0 bridgehead atoms. The van der Waals surface area contributed by atoms with Gasteiger partial charge in [0.2, 0.25) is 0 Å². The summed E-state index contributed by atoms with van der Waals surface area (Å²) in [6, 6.07) is 6.27. The number of nitrogens with two attached hydrogens (primary N) is 1. The molecule has 8 nitrogen and oxygen atoms in total. The van der Waals surface area contributed by atoms with Gasteiger partial charge in [-0.1, -0.05) is 0 Å². The van der Waals surface area contributed by atoms with Crippen LogP contribution in [0.2, 0.25) is 0 Å². The first kappa shape index (κ1) is 20.5. The van der Waals surface area contributed by atoms with Crippen molar-refractivity contribution >= 4 is 23.6 Å². The van der Waals surface area contributed by atoms with Gasteiger partial charge in [-0.15, -0.1) is 0 Å². The second-order valence-electron chi connectivity index (χ2n) is 8.12. The van der Waals surface area contributed by atoms with Gasteiger partial charge in [-0.05, 0) is 49.9 Å². The van der Waals surface area contributed by atoms with Crippen LogP contribution in [0.5, 0.6) is 0 Å². The van der Waals surface area contributed by atoms with E-state index in [9.17, 15) is 9.18 Å². The van der Waals surface area contributed by atoms with Crippen LogP contribution >= 0.6 is 0 Å².